The average Bonchev–Trinajstić information content (AvgIpc) is 2.48. The monoisotopic (exact) mass is 276 g/mol. The predicted octanol–water partition coefficient (Wildman–Crippen LogP) is 1.83. The molecule has 4 nitrogen and oxygen atoms in total. The number of carbonyl (C=O) groups is 1. The first-order valence-corrected chi connectivity index (χ1v) is 7.24. The Kier molecular flexibility index (Phi) is 5.15. The van der Waals surface area contributed by atoms with Gasteiger partial charge in [-0.3, -0.25) is 4.79 Å². The summed E-state index contributed by atoms with van der Waals surface area (Å²) in [5.74, 6) is 0.536. The van der Waals surface area contributed by atoms with Crippen molar-refractivity contribution in [3.05, 3.63) is 35.9 Å². The Morgan fingerprint density at radius 1 is 1.35 bits per heavy atom. The van der Waals surface area contributed by atoms with Gasteiger partial charge >= 0.3 is 0 Å². The van der Waals surface area contributed by atoms with Crippen molar-refractivity contribution >= 4 is 5.91 Å². The fraction of sp³-hybridized carbons (Fsp3) is 0.562. The van der Waals surface area contributed by atoms with Crippen molar-refractivity contribution in [2.75, 3.05) is 26.7 Å². The van der Waals surface area contributed by atoms with E-state index in [9.17, 15) is 4.79 Å². The van der Waals surface area contributed by atoms with E-state index in [1.165, 1.54) is 0 Å². The van der Waals surface area contributed by atoms with Gasteiger partial charge in [-0.25, -0.2) is 0 Å². The molecule has 0 saturated carbocycles. The van der Waals surface area contributed by atoms with E-state index in [1.54, 1.807) is 7.05 Å². The molecule has 1 amide bonds. The SMILES string of the molecule is CNCC(=O)N1C[C@@H](c2ccccc2)O[C@@H](C(C)C)C1. The number of amides is 1. The number of nitrogens with zero attached hydrogens (tertiary/aromatic N) is 1. The van der Waals surface area contributed by atoms with Crippen LogP contribution in [0.3, 0.4) is 0 Å². The molecule has 2 atom stereocenters. The lowest BCUT2D eigenvalue weighted by Crippen LogP contribution is -2.50. The molecule has 1 fully saturated rings. The van der Waals surface area contributed by atoms with Crippen LogP contribution < -0.4 is 5.32 Å². The Balaban J connectivity index is 2.14. The molecule has 110 valence electrons. The third-order valence-electron chi connectivity index (χ3n) is 3.72. The normalized spacial score (nSPS) is 23.1. The van der Waals surface area contributed by atoms with Crippen LogP contribution in [0.15, 0.2) is 30.3 Å². The molecule has 0 spiro atoms. The van der Waals surface area contributed by atoms with E-state index in [0.29, 0.717) is 25.6 Å². The summed E-state index contributed by atoms with van der Waals surface area (Å²) in [7, 11) is 1.80. The number of carbonyl (C=O) groups excluding carboxylic acids is 1. The summed E-state index contributed by atoms with van der Waals surface area (Å²) in [6.45, 7) is 5.97. The average molecular weight is 276 g/mol. The van der Waals surface area contributed by atoms with Crippen LogP contribution in [0, 0.1) is 5.92 Å². The minimum atomic E-state index is -0.0295. The van der Waals surface area contributed by atoms with Crippen LogP contribution in [0.25, 0.3) is 0 Å². The standard InChI is InChI=1S/C16H24N2O2/c1-12(2)14-10-18(16(19)9-17-3)11-15(20-14)13-7-5-4-6-8-13/h4-8,12,14-15,17H,9-11H2,1-3H3/t14-,15+/m1/s1. The first-order chi connectivity index (χ1) is 9.61. The van der Waals surface area contributed by atoms with Crippen molar-refractivity contribution in [2.24, 2.45) is 5.92 Å². The highest BCUT2D eigenvalue weighted by Crippen LogP contribution is 2.28. The third kappa shape index (κ3) is 3.58. The van der Waals surface area contributed by atoms with Gasteiger partial charge in [0.05, 0.1) is 19.2 Å². The molecular weight excluding hydrogens is 252 g/mol. The van der Waals surface area contributed by atoms with Crippen LogP contribution in [0.5, 0.6) is 0 Å². The second kappa shape index (κ2) is 6.86. The Labute approximate surface area is 121 Å². The zero-order valence-electron chi connectivity index (χ0n) is 12.5. The lowest BCUT2D eigenvalue weighted by molar-refractivity contribution is -0.149. The van der Waals surface area contributed by atoms with Gasteiger partial charge in [-0.1, -0.05) is 44.2 Å². The summed E-state index contributed by atoms with van der Waals surface area (Å²) in [4.78, 5) is 14.1. The minimum absolute atomic E-state index is 0.0295. The largest absolute Gasteiger partial charge is 0.366 e. The number of nitrogens with one attached hydrogen (secondary N) is 1. The highest BCUT2D eigenvalue weighted by atomic mass is 16.5. The van der Waals surface area contributed by atoms with Crippen LogP contribution in [-0.2, 0) is 9.53 Å². The van der Waals surface area contributed by atoms with Crippen LogP contribution in [0.4, 0.5) is 0 Å². The van der Waals surface area contributed by atoms with Crippen LogP contribution in [-0.4, -0.2) is 43.6 Å². The summed E-state index contributed by atoms with van der Waals surface area (Å²) < 4.78 is 6.18. The topological polar surface area (TPSA) is 41.6 Å². The van der Waals surface area contributed by atoms with Gasteiger partial charge < -0.3 is 15.0 Å². The Hall–Kier alpha value is -1.39. The van der Waals surface area contributed by atoms with E-state index in [4.69, 9.17) is 4.74 Å². The van der Waals surface area contributed by atoms with Gasteiger partial charge in [0.2, 0.25) is 5.91 Å². The Morgan fingerprint density at radius 3 is 2.65 bits per heavy atom. The molecule has 0 radical (unpaired) electrons. The van der Waals surface area contributed by atoms with Gasteiger partial charge in [-0.15, -0.1) is 0 Å². The maximum atomic E-state index is 12.2. The number of ether oxygens (including phenoxy) is 1. The molecule has 0 aromatic heterocycles. The van der Waals surface area contributed by atoms with Crippen molar-refractivity contribution in [3.8, 4) is 0 Å². The molecule has 20 heavy (non-hydrogen) atoms. The molecule has 1 N–H and O–H groups in total. The molecule has 1 heterocycles. The van der Waals surface area contributed by atoms with Gasteiger partial charge in [-0.05, 0) is 18.5 Å². The predicted molar refractivity (Wildman–Crippen MR) is 79.4 cm³/mol. The molecule has 1 aromatic rings. The van der Waals surface area contributed by atoms with Gasteiger partial charge in [0.1, 0.15) is 6.10 Å². The second-order valence-corrected chi connectivity index (χ2v) is 5.65. The number of benzene rings is 1. The Bertz CT molecular complexity index is 433. The van der Waals surface area contributed by atoms with Crippen molar-refractivity contribution in [1.29, 1.82) is 0 Å². The third-order valence-corrected chi connectivity index (χ3v) is 3.72. The van der Waals surface area contributed by atoms with E-state index < -0.39 is 0 Å². The van der Waals surface area contributed by atoms with Crippen molar-refractivity contribution in [3.63, 3.8) is 0 Å². The van der Waals surface area contributed by atoms with Crippen LogP contribution in [0.2, 0.25) is 0 Å². The van der Waals surface area contributed by atoms with Gasteiger partial charge in [0.15, 0.2) is 0 Å². The quantitative estimate of drug-likeness (QED) is 0.912. The Morgan fingerprint density at radius 2 is 2.05 bits per heavy atom. The fourth-order valence-corrected chi connectivity index (χ4v) is 2.48. The molecule has 1 aliphatic rings. The van der Waals surface area contributed by atoms with Crippen molar-refractivity contribution in [2.45, 2.75) is 26.1 Å². The number of hydrogen-bond acceptors (Lipinski definition) is 3. The van der Waals surface area contributed by atoms with E-state index in [0.717, 1.165) is 5.56 Å². The smallest absolute Gasteiger partial charge is 0.236 e. The summed E-state index contributed by atoms with van der Waals surface area (Å²) in [6, 6.07) is 10.1. The maximum absolute atomic E-state index is 12.2. The highest BCUT2D eigenvalue weighted by molar-refractivity contribution is 5.78. The minimum Gasteiger partial charge on any atom is -0.366 e. The lowest BCUT2D eigenvalue weighted by atomic mass is 10.0. The second-order valence-electron chi connectivity index (χ2n) is 5.65. The van der Waals surface area contributed by atoms with Crippen molar-refractivity contribution < 1.29 is 9.53 Å². The molecule has 4 heteroatoms. The first-order valence-electron chi connectivity index (χ1n) is 7.24. The molecule has 1 aromatic carbocycles. The number of likely N-dealkylation sites (N-methyl/N-ethyl adjacent to an activating group) is 1. The fourth-order valence-electron chi connectivity index (χ4n) is 2.48. The summed E-state index contributed by atoms with van der Waals surface area (Å²) in [5, 5.41) is 2.93. The first kappa shape index (κ1) is 15.0. The van der Waals surface area contributed by atoms with E-state index >= 15 is 0 Å². The number of hydrogen-bond donors (Lipinski definition) is 1. The molecular formula is C16H24N2O2. The van der Waals surface area contributed by atoms with Gasteiger partial charge in [-0.2, -0.15) is 0 Å². The van der Waals surface area contributed by atoms with Crippen LogP contribution >= 0.6 is 0 Å². The molecule has 1 saturated heterocycles. The number of rotatable bonds is 4. The summed E-state index contributed by atoms with van der Waals surface area (Å²) in [5.41, 5.74) is 1.14. The maximum Gasteiger partial charge on any atom is 0.236 e. The lowest BCUT2D eigenvalue weighted by Gasteiger charge is -2.40. The molecule has 2 rings (SSSR count). The highest BCUT2D eigenvalue weighted by Gasteiger charge is 2.32. The van der Waals surface area contributed by atoms with Crippen LogP contribution in [0.1, 0.15) is 25.5 Å². The van der Waals surface area contributed by atoms with Gasteiger partial charge in [0.25, 0.3) is 0 Å². The number of morpholine rings is 1. The molecule has 1 aliphatic heterocycles. The van der Waals surface area contributed by atoms with Crippen molar-refractivity contribution in [1.82, 2.24) is 10.2 Å². The molecule has 0 bridgehead atoms. The summed E-state index contributed by atoms with van der Waals surface area (Å²) in [6.07, 6.45) is 0.0629. The zero-order valence-corrected chi connectivity index (χ0v) is 12.5. The molecule has 0 aliphatic carbocycles. The summed E-state index contributed by atoms with van der Waals surface area (Å²) >= 11 is 0. The van der Waals surface area contributed by atoms with E-state index in [1.807, 2.05) is 23.1 Å². The molecule has 0 unspecified atom stereocenters. The van der Waals surface area contributed by atoms with E-state index in [2.05, 4.69) is 31.3 Å². The van der Waals surface area contributed by atoms with E-state index in [-0.39, 0.29) is 18.1 Å². The zero-order chi connectivity index (χ0) is 14.5. The van der Waals surface area contributed by atoms with Gasteiger partial charge in [0, 0.05) is 6.54 Å².